The minimum absolute atomic E-state index is 0.0629. The van der Waals surface area contributed by atoms with E-state index >= 15 is 0 Å². The van der Waals surface area contributed by atoms with Crippen LogP contribution in [0.25, 0.3) is 17.0 Å². The topological polar surface area (TPSA) is 96.6 Å². The minimum Gasteiger partial charge on any atom is -0.412 e. The average Bonchev–Trinajstić information content (AvgIpc) is 3.60. The molecule has 0 bridgehead atoms. The van der Waals surface area contributed by atoms with E-state index in [1.54, 1.807) is 10.3 Å². The maximum absolute atomic E-state index is 13.1. The van der Waals surface area contributed by atoms with Crippen molar-refractivity contribution < 1.29 is 17.6 Å². The number of benzene rings is 1. The van der Waals surface area contributed by atoms with Gasteiger partial charge in [-0.05, 0) is 36.5 Å². The summed E-state index contributed by atoms with van der Waals surface area (Å²) in [6.07, 6.45) is 4.57. The largest absolute Gasteiger partial charge is 0.412 e. The van der Waals surface area contributed by atoms with E-state index in [1.165, 1.54) is 10.4 Å². The molecule has 4 heterocycles. The second-order valence-electron chi connectivity index (χ2n) is 7.77. The summed E-state index contributed by atoms with van der Waals surface area (Å²) >= 11 is 1.11. The summed E-state index contributed by atoms with van der Waals surface area (Å²) < 4.78 is 33.5. The number of hydrogen-bond acceptors (Lipinski definition) is 7. The molecule has 10 heteroatoms. The van der Waals surface area contributed by atoms with E-state index in [0.717, 1.165) is 35.3 Å². The third-order valence-electron chi connectivity index (χ3n) is 5.73. The van der Waals surface area contributed by atoms with Gasteiger partial charge in [0, 0.05) is 31.6 Å². The van der Waals surface area contributed by atoms with Gasteiger partial charge in [-0.25, -0.2) is 8.42 Å². The number of amides is 1. The number of hydrogen-bond donors (Lipinski definition) is 0. The first kappa shape index (κ1) is 21.0. The van der Waals surface area contributed by atoms with E-state index in [4.69, 9.17) is 4.42 Å². The van der Waals surface area contributed by atoms with Crippen LogP contribution in [0, 0.1) is 0 Å². The van der Waals surface area contributed by atoms with Crippen LogP contribution in [0.5, 0.6) is 0 Å². The quantitative estimate of drug-likeness (QED) is 0.566. The zero-order chi connectivity index (χ0) is 22.1. The Morgan fingerprint density at radius 3 is 2.53 bits per heavy atom. The average molecular weight is 471 g/mol. The summed E-state index contributed by atoms with van der Waals surface area (Å²) in [4.78, 5) is 14.1. The van der Waals surface area contributed by atoms with E-state index in [9.17, 15) is 13.2 Å². The Labute approximate surface area is 190 Å². The van der Waals surface area contributed by atoms with Crippen LogP contribution in [0.1, 0.15) is 35.5 Å². The standard InChI is InChI=1S/C22H22N4O4S2/c27-22(25-10-4-5-11-25)21-24-23-20(30-21)18-14-19(31-15-18)32(28,29)26-12-8-17(9-13-26)16-6-2-1-3-7-16/h1-3,6-8,14-15H,4-5,9-13H2. The van der Waals surface area contributed by atoms with Crippen LogP contribution >= 0.6 is 11.3 Å². The highest BCUT2D eigenvalue weighted by Gasteiger charge is 2.29. The molecular weight excluding hydrogens is 448 g/mol. The van der Waals surface area contributed by atoms with Crippen LogP contribution in [-0.2, 0) is 10.0 Å². The van der Waals surface area contributed by atoms with Crippen molar-refractivity contribution in [3.8, 4) is 11.5 Å². The Morgan fingerprint density at radius 1 is 1.03 bits per heavy atom. The SMILES string of the molecule is O=C(c1nnc(-c2csc(S(=O)(=O)N3CC=C(c4ccccc4)CC3)c2)o1)N1CCCC1. The predicted molar refractivity (Wildman–Crippen MR) is 121 cm³/mol. The zero-order valence-electron chi connectivity index (χ0n) is 17.3. The summed E-state index contributed by atoms with van der Waals surface area (Å²) in [7, 11) is -3.64. The van der Waals surface area contributed by atoms with Crippen LogP contribution in [-0.4, -0.2) is 59.9 Å². The Bertz CT molecular complexity index is 1260. The molecule has 2 aliphatic heterocycles. The molecule has 1 aromatic carbocycles. The van der Waals surface area contributed by atoms with E-state index in [-0.39, 0.29) is 21.9 Å². The number of rotatable bonds is 5. The number of sulfonamides is 1. The molecule has 2 aromatic heterocycles. The maximum Gasteiger partial charge on any atom is 0.311 e. The van der Waals surface area contributed by atoms with Crippen LogP contribution in [0.4, 0.5) is 0 Å². The lowest BCUT2D eigenvalue weighted by Crippen LogP contribution is -2.34. The highest BCUT2D eigenvalue weighted by molar-refractivity contribution is 7.91. The lowest BCUT2D eigenvalue weighted by molar-refractivity contribution is 0.0754. The van der Waals surface area contributed by atoms with Crippen molar-refractivity contribution in [1.29, 1.82) is 0 Å². The lowest BCUT2D eigenvalue weighted by atomic mass is 10.0. The molecule has 5 rings (SSSR count). The van der Waals surface area contributed by atoms with Gasteiger partial charge in [0.15, 0.2) is 0 Å². The van der Waals surface area contributed by atoms with Crippen molar-refractivity contribution in [3.05, 3.63) is 59.3 Å². The Hall–Kier alpha value is -2.82. The van der Waals surface area contributed by atoms with Crippen LogP contribution in [0.3, 0.4) is 0 Å². The molecule has 1 amide bonds. The van der Waals surface area contributed by atoms with Crippen molar-refractivity contribution in [2.75, 3.05) is 26.2 Å². The third kappa shape index (κ3) is 4.01. The molecule has 0 saturated carbocycles. The number of likely N-dealkylation sites (tertiary alicyclic amines) is 1. The highest BCUT2D eigenvalue weighted by Crippen LogP contribution is 2.32. The van der Waals surface area contributed by atoms with Crippen molar-refractivity contribution >= 4 is 32.8 Å². The molecule has 0 N–H and O–H groups in total. The van der Waals surface area contributed by atoms with Gasteiger partial charge in [-0.15, -0.1) is 21.5 Å². The number of thiophene rings is 1. The molecule has 2 aliphatic rings. The normalized spacial score (nSPS) is 17.5. The molecule has 0 aliphatic carbocycles. The van der Waals surface area contributed by atoms with Gasteiger partial charge in [-0.1, -0.05) is 36.4 Å². The molecule has 1 saturated heterocycles. The van der Waals surface area contributed by atoms with Crippen molar-refractivity contribution in [2.24, 2.45) is 0 Å². The fourth-order valence-electron chi connectivity index (χ4n) is 3.96. The van der Waals surface area contributed by atoms with Gasteiger partial charge in [0.05, 0.1) is 5.56 Å². The van der Waals surface area contributed by atoms with Crippen LogP contribution in [0.15, 0.2) is 56.5 Å². The summed E-state index contributed by atoms with van der Waals surface area (Å²) in [6.45, 7) is 2.13. The monoisotopic (exact) mass is 470 g/mol. The number of carbonyl (C=O) groups excluding carboxylic acids is 1. The smallest absolute Gasteiger partial charge is 0.311 e. The van der Waals surface area contributed by atoms with Gasteiger partial charge in [-0.2, -0.15) is 4.31 Å². The van der Waals surface area contributed by atoms with Gasteiger partial charge >= 0.3 is 11.8 Å². The first-order chi connectivity index (χ1) is 15.5. The molecule has 166 valence electrons. The minimum atomic E-state index is -3.64. The molecule has 8 nitrogen and oxygen atoms in total. The molecule has 3 aromatic rings. The fraction of sp³-hybridized carbons (Fsp3) is 0.318. The molecular formula is C22H22N4O4S2. The third-order valence-corrected chi connectivity index (χ3v) is 9.01. The molecule has 0 unspecified atom stereocenters. The lowest BCUT2D eigenvalue weighted by Gasteiger charge is -2.25. The van der Waals surface area contributed by atoms with E-state index in [2.05, 4.69) is 10.2 Å². The molecule has 0 spiro atoms. The van der Waals surface area contributed by atoms with Gasteiger partial charge in [0.1, 0.15) is 4.21 Å². The van der Waals surface area contributed by atoms with E-state index in [1.807, 2.05) is 36.4 Å². The molecule has 32 heavy (non-hydrogen) atoms. The predicted octanol–water partition coefficient (Wildman–Crippen LogP) is 3.51. The van der Waals surface area contributed by atoms with Crippen LogP contribution in [0.2, 0.25) is 0 Å². The zero-order valence-corrected chi connectivity index (χ0v) is 18.9. The second kappa shape index (κ2) is 8.61. The summed E-state index contributed by atoms with van der Waals surface area (Å²) in [6, 6.07) is 11.5. The van der Waals surface area contributed by atoms with Crippen molar-refractivity contribution in [3.63, 3.8) is 0 Å². The summed E-state index contributed by atoms with van der Waals surface area (Å²) in [5.74, 6) is -0.194. The number of aromatic nitrogens is 2. The van der Waals surface area contributed by atoms with Crippen molar-refractivity contribution in [2.45, 2.75) is 23.5 Å². The van der Waals surface area contributed by atoms with E-state index < -0.39 is 10.0 Å². The van der Waals surface area contributed by atoms with E-state index in [0.29, 0.717) is 38.2 Å². The second-order valence-corrected chi connectivity index (χ2v) is 10.9. The summed E-state index contributed by atoms with van der Waals surface area (Å²) in [5.41, 5.74) is 2.78. The van der Waals surface area contributed by atoms with Gasteiger partial charge < -0.3 is 9.32 Å². The number of nitrogens with zero attached hydrogens (tertiary/aromatic N) is 4. The first-order valence-electron chi connectivity index (χ1n) is 10.5. The first-order valence-corrected chi connectivity index (χ1v) is 12.8. The molecule has 1 fully saturated rings. The maximum atomic E-state index is 13.1. The number of carbonyl (C=O) groups is 1. The Balaban J connectivity index is 1.31. The van der Waals surface area contributed by atoms with Crippen LogP contribution < -0.4 is 0 Å². The molecule has 0 atom stereocenters. The summed E-state index contributed by atoms with van der Waals surface area (Å²) in [5, 5.41) is 9.49. The van der Waals surface area contributed by atoms with Gasteiger partial charge in [0.2, 0.25) is 5.89 Å². The van der Waals surface area contributed by atoms with Gasteiger partial charge in [-0.3, -0.25) is 4.79 Å². The van der Waals surface area contributed by atoms with Gasteiger partial charge in [0.25, 0.3) is 10.0 Å². The Morgan fingerprint density at radius 2 is 1.81 bits per heavy atom. The molecule has 0 radical (unpaired) electrons. The Kier molecular flexibility index (Phi) is 5.66. The fourth-order valence-corrected chi connectivity index (χ4v) is 6.64. The van der Waals surface area contributed by atoms with Crippen molar-refractivity contribution in [1.82, 2.24) is 19.4 Å². The highest BCUT2D eigenvalue weighted by atomic mass is 32.2.